The molecule has 11 heteroatoms. The Labute approximate surface area is 251 Å². The molecule has 2 aromatic heterocycles. The molecule has 2 amide bonds. The molecule has 0 radical (unpaired) electrons. The summed E-state index contributed by atoms with van der Waals surface area (Å²) < 4.78 is 5.48. The highest BCUT2D eigenvalue weighted by atomic mass is 16.5. The zero-order chi connectivity index (χ0) is 29.6. The molecule has 5 heterocycles. The number of amides is 2. The number of benzene rings is 1. The maximum absolute atomic E-state index is 13.1. The minimum Gasteiger partial charge on any atom is -0.378 e. The molecule has 2 fully saturated rings. The zero-order valence-electron chi connectivity index (χ0n) is 24.3. The van der Waals surface area contributed by atoms with Crippen LogP contribution in [0.2, 0.25) is 0 Å². The van der Waals surface area contributed by atoms with Crippen LogP contribution >= 0.6 is 0 Å². The van der Waals surface area contributed by atoms with Gasteiger partial charge in [0, 0.05) is 50.5 Å². The number of piperidine rings is 1. The molecule has 0 aliphatic carbocycles. The Morgan fingerprint density at radius 2 is 1.91 bits per heavy atom. The summed E-state index contributed by atoms with van der Waals surface area (Å²) in [6.07, 6.45) is 9.19. The number of fused-ring (bicyclic) bond motifs is 1. The lowest BCUT2D eigenvalue weighted by Gasteiger charge is -2.33. The van der Waals surface area contributed by atoms with Crippen molar-refractivity contribution in [3.63, 3.8) is 0 Å². The lowest BCUT2D eigenvalue weighted by molar-refractivity contribution is -0.117. The van der Waals surface area contributed by atoms with Crippen molar-refractivity contribution in [2.75, 3.05) is 49.6 Å². The summed E-state index contributed by atoms with van der Waals surface area (Å²) in [6, 6.07) is 11.6. The Balaban J connectivity index is 1.07. The van der Waals surface area contributed by atoms with Crippen molar-refractivity contribution in [1.82, 2.24) is 25.2 Å². The molecule has 1 aromatic carbocycles. The largest absolute Gasteiger partial charge is 0.378 e. The predicted octanol–water partition coefficient (Wildman–Crippen LogP) is 3.29. The van der Waals surface area contributed by atoms with Crippen molar-refractivity contribution in [1.29, 1.82) is 0 Å². The fraction of sp³-hybridized carbons (Fsp3) is 0.375. The van der Waals surface area contributed by atoms with E-state index in [2.05, 4.69) is 35.4 Å². The van der Waals surface area contributed by atoms with Crippen molar-refractivity contribution in [3.8, 4) is 0 Å². The molecular formula is C32H36N8O3. The van der Waals surface area contributed by atoms with E-state index < -0.39 is 0 Å². The molecule has 6 rings (SSSR count). The Hall–Kier alpha value is -4.48. The number of aliphatic imine (C=N–C) groups is 1. The first-order valence-electron chi connectivity index (χ1n) is 14.8. The van der Waals surface area contributed by atoms with Crippen molar-refractivity contribution in [2.24, 2.45) is 4.99 Å². The smallest absolute Gasteiger partial charge is 0.274 e. The number of morpholine rings is 1. The maximum atomic E-state index is 13.1. The highest BCUT2D eigenvalue weighted by Crippen LogP contribution is 2.35. The number of ether oxygens (including phenoxy) is 1. The van der Waals surface area contributed by atoms with Crippen LogP contribution in [0.3, 0.4) is 0 Å². The van der Waals surface area contributed by atoms with Crippen LogP contribution < -0.4 is 15.5 Å². The van der Waals surface area contributed by atoms with Gasteiger partial charge in [0.2, 0.25) is 5.91 Å². The highest BCUT2D eigenvalue weighted by molar-refractivity contribution is 6.08. The number of carbonyl (C=O) groups is 2. The number of allylic oxidation sites excluding steroid dienone is 1. The average Bonchev–Trinajstić information content (AvgIpc) is 3.47. The Bertz CT molecular complexity index is 1530. The third-order valence-corrected chi connectivity index (χ3v) is 7.88. The number of anilines is 2. The van der Waals surface area contributed by atoms with Gasteiger partial charge < -0.3 is 20.3 Å². The summed E-state index contributed by atoms with van der Waals surface area (Å²) >= 11 is 0. The fourth-order valence-electron chi connectivity index (χ4n) is 5.77. The van der Waals surface area contributed by atoms with Gasteiger partial charge in [-0.3, -0.25) is 19.5 Å². The molecule has 43 heavy (non-hydrogen) atoms. The Morgan fingerprint density at radius 3 is 2.72 bits per heavy atom. The number of aromatic nitrogens is 3. The monoisotopic (exact) mass is 580 g/mol. The SMILES string of the molecule is C/C=C/C(=O)N[C@@H]1CCCN(Cc2ccnc(C(=O)Nc3ccc(C4=Nc5c(ncnc5N5CCOCC5)C4)cc3)c2)C1. The summed E-state index contributed by atoms with van der Waals surface area (Å²) in [5.74, 6) is 0.540. The highest BCUT2D eigenvalue weighted by Gasteiger charge is 2.25. The van der Waals surface area contributed by atoms with Crippen molar-refractivity contribution in [2.45, 2.75) is 38.8 Å². The van der Waals surface area contributed by atoms with E-state index in [-0.39, 0.29) is 17.9 Å². The number of pyridine rings is 1. The summed E-state index contributed by atoms with van der Waals surface area (Å²) in [7, 11) is 0. The minimum absolute atomic E-state index is 0.0567. The molecule has 3 aliphatic heterocycles. The number of likely N-dealkylation sites (tertiary alicyclic amines) is 1. The molecule has 0 spiro atoms. The van der Waals surface area contributed by atoms with Crippen molar-refractivity contribution in [3.05, 3.63) is 83.6 Å². The number of hydrogen-bond acceptors (Lipinski definition) is 9. The van der Waals surface area contributed by atoms with Crippen LogP contribution in [0.5, 0.6) is 0 Å². The summed E-state index contributed by atoms with van der Waals surface area (Å²) in [5, 5.41) is 6.04. The maximum Gasteiger partial charge on any atom is 0.274 e. The summed E-state index contributed by atoms with van der Waals surface area (Å²) in [4.78, 5) is 47.8. The van der Waals surface area contributed by atoms with Gasteiger partial charge in [-0.2, -0.15) is 0 Å². The van der Waals surface area contributed by atoms with E-state index in [1.165, 1.54) is 0 Å². The van der Waals surface area contributed by atoms with E-state index in [9.17, 15) is 9.59 Å². The third kappa shape index (κ3) is 6.95. The van der Waals surface area contributed by atoms with Gasteiger partial charge in [-0.05, 0) is 67.8 Å². The molecule has 1 atom stereocenters. The van der Waals surface area contributed by atoms with Crippen molar-refractivity contribution >= 4 is 34.7 Å². The summed E-state index contributed by atoms with van der Waals surface area (Å²) in [6.45, 7) is 7.18. The zero-order valence-corrected chi connectivity index (χ0v) is 24.3. The third-order valence-electron chi connectivity index (χ3n) is 7.88. The van der Waals surface area contributed by atoms with E-state index in [1.54, 1.807) is 24.7 Å². The second kappa shape index (κ2) is 13.2. The number of nitrogens with zero attached hydrogens (tertiary/aromatic N) is 6. The Morgan fingerprint density at radius 1 is 1.07 bits per heavy atom. The number of hydrogen-bond donors (Lipinski definition) is 2. The van der Waals surface area contributed by atoms with Gasteiger partial charge in [0.1, 0.15) is 17.7 Å². The second-order valence-electron chi connectivity index (χ2n) is 11.0. The number of carbonyl (C=O) groups excluding carboxylic acids is 2. The first-order valence-corrected chi connectivity index (χ1v) is 14.8. The van der Waals surface area contributed by atoms with Gasteiger partial charge in [-0.1, -0.05) is 18.2 Å². The van der Waals surface area contributed by atoms with Crippen LogP contribution in [0.15, 0.2) is 66.1 Å². The molecule has 2 saturated heterocycles. The number of rotatable bonds is 8. The van der Waals surface area contributed by atoms with Gasteiger partial charge in [-0.25, -0.2) is 15.0 Å². The molecular weight excluding hydrogens is 544 g/mol. The van der Waals surface area contributed by atoms with Gasteiger partial charge in [0.05, 0.1) is 24.6 Å². The molecule has 11 nitrogen and oxygen atoms in total. The molecule has 0 unspecified atom stereocenters. The topological polar surface area (TPSA) is 125 Å². The van der Waals surface area contributed by atoms with Gasteiger partial charge in [-0.15, -0.1) is 0 Å². The van der Waals surface area contributed by atoms with Crippen LogP contribution in [-0.4, -0.2) is 82.8 Å². The van der Waals surface area contributed by atoms with Crippen LogP contribution in [0.4, 0.5) is 17.2 Å². The first-order chi connectivity index (χ1) is 21.1. The van der Waals surface area contributed by atoms with Gasteiger partial charge in [0.15, 0.2) is 5.82 Å². The van der Waals surface area contributed by atoms with E-state index in [1.807, 2.05) is 43.3 Å². The minimum atomic E-state index is -0.263. The summed E-state index contributed by atoms with van der Waals surface area (Å²) in [5.41, 5.74) is 5.72. The number of nitrogens with one attached hydrogen (secondary N) is 2. The molecule has 3 aromatic rings. The first kappa shape index (κ1) is 28.6. The standard InChI is InChI=1S/C32H36N8O3/c1-2-4-29(41)36-25-5-3-12-39(20-25)19-22-10-11-33-28(17-22)32(42)37-24-8-6-23(7-9-24)26-18-27-30(38-26)31(35-21-34-27)40-13-15-43-16-14-40/h2,4,6-11,17,21,25H,3,5,12-16,18-20H2,1H3,(H,36,41)(H,37,42)/b4-2+/t25-/m1/s1. The second-order valence-corrected chi connectivity index (χ2v) is 11.0. The molecule has 3 aliphatic rings. The fourth-order valence-corrected chi connectivity index (χ4v) is 5.77. The Kier molecular flexibility index (Phi) is 8.80. The molecule has 2 N–H and O–H groups in total. The van der Waals surface area contributed by atoms with Crippen LogP contribution in [-0.2, 0) is 22.5 Å². The normalized spacial score (nSPS) is 18.8. The lowest BCUT2D eigenvalue weighted by Crippen LogP contribution is -2.47. The van der Waals surface area contributed by atoms with Gasteiger partial charge >= 0.3 is 0 Å². The quantitative estimate of drug-likeness (QED) is 0.389. The molecule has 0 saturated carbocycles. The average molecular weight is 581 g/mol. The van der Waals surface area contributed by atoms with Crippen LogP contribution in [0.1, 0.15) is 47.1 Å². The van der Waals surface area contributed by atoms with E-state index >= 15 is 0 Å². The van der Waals surface area contributed by atoms with Crippen LogP contribution in [0, 0.1) is 0 Å². The molecule has 0 bridgehead atoms. The van der Waals surface area contributed by atoms with E-state index in [0.717, 1.165) is 73.1 Å². The van der Waals surface area contributed by atoms with E-state index in [0.29, 0.717) is 37.6 Å². The molecule has 222 valence electrons. The van der Waals surface area contributed by atoms with Gasteiger partial charge in [0.25, 0.3) is 5.91 Å². The van der Waals surface area contributed by atoms with Crippen molar-refractivity contribution < 1.29 is 14.3 Å². The predicted molar refractivity (Wildman–Crippen MR) is 165 cm³/mol. The lowest BCUT2D eigenvalue weighted by atomic mass is 10.0. The van der Waals surface area contributed by atoms with Crippen LogP contribution in [0.25, 0.3) is 0 Å². The van der Waals surface area contributed by atoms with E-state index in [4.69, 9.17) is 9.73 Å².